The Morgan fingerprint density at radius 2 is 2.11 bits per heavy atom. The Labute approximate surface area is 105 Å². The Balaban J connectivity index is 2.28. The van der Waals surface area contributed by atoms with Crippen LogP contribution in [0.5, 0.6) is 5.75 Å². The maximum atomic E-state index is 11.8. The summed E-state index contributed by atoms with van der Waals surface area (Å²) in [4.78, 5) is 11.8. The van der Waals surface area contributed by atoms with Crippen LogP contribution in [0.3, 0.4) is 0 Å². The lowest BCUT2D eigenvalue weighted by Gasteiger charge is -1.99. The van der Waals surface area contributed by atoms with Crippen LogP contribution in [0.25, 0.3) is 21.5 Å². The molecule has 90 valence electrons. The fourth-order valence-electron chi connectivity index (χ4n) is 1.65. The Morgan fingerprint density at radius 1 is 1.28 bits per heavy atom. The monoisotopic (exact) mass is 260 g/mol. The van der Waals surface area contributed by atoms with Crippen LogP contribution in [0.2, 0.25) is 0 Å². The van der Waals surface area contributed by atoms with E-state index < -0.39 is 5.63 Å². The van der Waals surface area contributed by atoms with Crippen LogP contribution in [0.15, 0.2) is 33.5 Å². The Hall–Kier alpha value is -2.21. The molecule has 3 aromatic rings. The number of fused-ring (bicyclic) bond motifs is 1. The first kappa shape index (κ1) is 10.9. The molecular formula is C12H8N2O3S. The van der Waals surface area contributed by atoms with Crippen molar-refractivity contribution in [2.45, 2.75) is 6.92 Å². The molecule has 1 aromatic carbocycles. The average molecular weight is 260 g/mol. The zero-order valence-electron chi connectivity index (χ0n) is 9.38. The molecule has 5 nitrogen and oxygen atoms in total. The number of aromatic nitrogens is 2. The van der Waals surface area contributed by atoms with Gasteiger partial charge in [0.2, 0.25) is 0 Å². The van der Waals surface area contributed by atoms with Gasteiger partial charge in [-0.2, -0.15) is 0 Å². The summed E-state index contributed by atoms with van der Waals surface area (Å²) in [5, 5.41) is 19.2. The highest BCUT2D eigenvalue weighted by Crippen LogP contribution is 2.25. The number of benzene rings is 1. The predicted molar refractivity (Wildman–Crippen MR) is 67.8 cm³/mol. The minimum absolute atomic E-state index is 0.0603. The lowest BCUT2D eigenvalue weighted by atomic mass is 10.2. The van der Waals surface area contributed by atoms with E-state index in [9.17, 15) is 9.90 Å². The highest BCUT2D eigenvalue weighted by molar-refractivity contribution is 7.14. The standard InChI is InChI=1S/C12H8N2O3S/c1-6-13-14-11(18-6)9-4-7-2-3-8(15)5-10(7)17-12(9)16/h2-5,15H,1H3. The van der Waals surface area contributed by atoms with Crippen molar-refractivity contribution < 1.29 is 9.52 Å². The van der Waals surface area contributed by atoms with Crippen LogP contribution in [0.4, 0.5) is 0 Å². The molecule has 0 bridgehead atoms. The first-order valence-electron chi connectivity index (χ1n) is 5.21. The lowest BCUT2D eigenvalue weighted by Crippen LogP contribution is -2.02. The van der Waals surface area contributed by atoms with Crippen molar-refractivity contribution >= 4 is 22.3 Å². The number of aromatic hydroxyl groups is 1. The van der Waals surface area contributed by atoms with Crippen molar-refractivity contribution in [2.24, 2.45) is 0 Å². The summed E-state index contributed by atoms with van der Waals surface area (Å²) in [5.41, 5.74) is 0.257. The molecule has 0 saturated carbocycles. The molecule has 3 rings (SSSR count). The van der Waals surface area contributed by atoms with E-state index in [2.05, 4.69) is 10.2 Å². The van der Waals surface area contributed by atoms with Crippen molar-refractivity contribution in [3.8, 4) is 16.3 Å². The van der Waals surface area contributed by atoms with E-state index in [1.54, 1.807) is 12.1 Å². The molecule has 2 aromatic heterocycles. The molecule has 2 heterocycles. The first-order valence-corrected chi connectivity index (χ1v) is 6.02. The molecule has 0 radical (unpaired) electrons. The summed E-state index contributed by atoms with van der Waals surface area (Å²) in [7, 11) is 0. The molecule has 0 unspecified atom stereocenters. The van der Waals surface area contributed by atoms with Crippen LogP contribution in [-0.2, 0) is 0 Å². The zero-order valence-corrected chi connectivity index (χ0v) is 10.2. The highest BCUT2D eigenvalue weighted by Gasteiger charge is 2.12. The smallest absolute Gasteiger partial charge is 0.346 e. The predicted octanol–water partition coefficient (Wildman–Crippen LogP) is 2.33. The quantitative estimate of drug-likeness (QED) is 0.679. The van der Waals surface area contributed by atoms with Crippen LogP contribution in [0.1, 0.15) is 5.01 Å². The Bertz CT molecular complexity index is 791. The van der Waals surface area contributed by atoms with Crippen molar-refractivity contribution in [2.75, 3.05) is 0 Å². The van der Waals surface area contributed by atoms with Gasteiger partial charge < -0.3 is 9.52 Å². The molecule has 0 saturated heterocycles. The van der Waals surface area contributed by atoms with E-state index in [1.807, 2.05) is 6.92 Å². The topological polar surface area (TPSA) is 76.2 Å². The summed E-state index contributed by atoms with van der Waals surface area (Å²) in [5.74, 6) is 0.0603. The number of aryl methyl sites for hydroxylation is 1. The second-order valence-corrected chi connectivity index (χ2v) is 4.98. The number of phenols is 1. The van der Waals surface area contributed by atoms with Crippen LogP contribution in [-0.4, -0.2) is 15.3 Å². The van der Waals surface area contributed by atoms with E-state index in [0.717, 1.165) is 10.4 Å². The van der Waals surface area contributed by atoms with Gasteiger partial charge in [-0.3, -0.25) is 0 Å². The SMILES string of the molecule is Cc1nnc(-c2cc3ccc(O)cc3oc2=O)s1. The summed E-state index contributed by atoms with van der Waals surface area (Å²) < 4.78 is 5.16. The third kappa shape index (κ3) is 1.76. The second-order valence-electron chi connectivity index (χ2n) is 3.80. The van der Waals surface area contributed by atoms with E-state index in [-0.39, 0.29) is 5.75 Å². The second kappa shape index (κ2) is 3.92. The van der Waals surface area contributed by atoms with Gasteiger partial charge in [0, 0.05) is 11.5 Å². The van der Waals surface area contributed by atoms with Crippen LogP contribution >= 0.6 is 11.3 Å². The van der Waals surface area contributed by atoms with Crippen molar-refractivity contribution in [3.05, 3.63) is 39.7 Å². The summed E-state index contributed by atoms with van der Waals surface area (Å²) in [6.07, 6.45) is 0. The molecule has 18 heavy (non-hydrogen) atoms. The Kier molecular flexibility index (Phi) is 2.38. The fraction of sp³-hybridized carbons (Fsp3) is 0.0833. The average Bonchev–Trinajstić information content (AvgIpc) is 2.74. The number of phenolic OH excluding ortho intramolecular Hbond substituents is 1. The van der Waals surface area contributed by atoms with Gasteiger partial charge in [0.25, 0.3) is 0 Å². The number of hydrogen-bond donors (Lipinski definition) is 1. The van der Waals surface area contributed by atoms with Crippen molar-refractivity contribution in [3.63, 3.8) is 0 Å². The van der Waals surface area contributed by atoms with Gasteiger partial charge in [-0.25, -0.2) is 4.79 Å². The lowest BCUT2D eigenvalue weighted by molar-refractivity contribution is 0.473. The van der Waals surface area contributed by atoms with E-state index in [0.29, 0.717) is 16.2 Å². The Morgan fingerprint density at radius 3 is 2.83 bits per heavy atom. The van der Waals surface area contributed by atoms with Crippen molar-refractivity contribution in [1.82, 2.24) is 10.2 Å². The van der Waals surface area contributed by atoms with Crippen LogP contribution < -0.4 is 5.63 Å². The number of rotatable bonds is 1. The van der Waals surface area contributed by atoms with Gasteiger partial charge in [0.05, 0.1) is 5.56 Å². The molecule has 0 aliphatic rings. The molecule has 0 aliphatic heterocycles. The van der Waals surface area contributed by atoms with E-state index in [1.165, 1.54) is 23.5 Å². The largest absolute Gasteiger partial charge is 0.508 e. The molecule has 6 heteroatoms. The van der Waals surface area contributed by atoms with E-state index >= 15 is 0 Å². The summed E-state index contributed by atoms with van der Waals surface area (Å²) in [6.45, 7) is 1.82. The first-order chi connectivity index (χ1) is 8.63. The minimum atomic E-state index is -0.482. The molecule has 0 amide bonds. The maximum Gasteiger partial charge on any atom is 0.346 e. The normalized spacial score (nSPS) is 10.9. The van der Waals surface area contributed by atoms with Gasteiger partial charge in [-0.15, -0.1) is 10.2 Å². The van der Waals surface area contributed by atoms with Gasteiger partial charge in [0.15, 0.2) is 5.01 Å². The van der Waals surface area contributed by atoms with Gasteiger partial charge in [0.1, 0.15) is 16.3 Å². The molecule has 0 atom stereocenters. The van der Waals surface area contributed by atoms with Crippen LogP contribution in [0, 0.1) is 6.92 Å². The third-order valence-corrected chi connectivity index (χ3v) is 3.35. The van der Waals surface area contributed by atoms with Gasteiger partial charge in [-0.1, -0.05) is 11.3 Å². The third-order valence-electron chi connectivity index (χ3n) is 2.48. The van der Waals surface area contributed by atoms with Crippen molar-refractivity contribution in [1.29, 1.82) is 0 Å². The molecule has 0 spiro atoms. The fourth-order valence-corrected chi connectivity index (χ4v) is 2.35. The maximum absolute atomic E-state index is 11.8. The summed E-state index contributed by atoms with van der Waals surface area (Å²) in [6, 6.07) is 6.33. The summed E-state index contributed by atoms with van der Waals surface area (Å²) >= 11 is 1.34. The van der Waals surface area contributed by atoms with Gasteiger partial charge in [-0.05, 0) is 25.1 Å². The molecule has 0 fully saturated rings. The van der Waals surface area contributed by atoms with E-state index in [4.69, 9.17) is 4.42 Å². The molecule has 1 N–H and O–H groups in total. The highest BCUT2D eigenvalue weighted by atomic mass is 32.1. The molecular weight excluding hydrogens is 252 g/mol. The molecule has 0 aliphatic carbocycles. The number of hydrogen-bond acceptors (Lipinski definition) is 6. The van der Waals surface area contributed by atoms with Gasteiger partial charge >= 0.3 is 5.63 Å². The zero-order chi connectivity index (χ0) is 12.7. The minimum Gasteiger partial charge on any atom is -0.508 e. The number of nitrogens with zero attached hydrogens (tertiary/aromatic N) is 2.